The zero-order valence-electron chi connectivity index (χ0n) is 19.4. The first-order valence-corrected chi connectivity index (χ1v) is 12.1. The maximum atomic E-state index is 13.2. The second-order valence-corrected chi connectivity index (χ2v) is 9.02. The zero-order chi connectivity index (χ0) is 24.9. The van der Waals surface area contributed by atoms with Gasteiger partial charge in [-0.25, -0.2) is 9.78 Å². The lowest BCUT2D eigenvalue weighted by atomic mass is 10.1. The number of nitrogens with one attached hydrogen (secondary N) is 2. The van der Waals surface area contributed by atoms with Crippen LogP contribution in [0.4, 0.5) is 5.82 Å². The lowest BCUT2D eigenvalue weighted by molar-refractivity contribution is -0.149. The van der Waals surface area contributed by atoms with Crippen LogP contribution in [0, 0.1) is 0 Å². The average molecular weight is 505 g/mol. The molecule has 36 heavy (non-hydrogen) atoms. The van der Waals surface area contributed by atoms with Gasteiger partial charge in [-0.1, -0.05) is 60.7 Å². The summed E-state index contributed by atoms with van der Waals surface area (Å²) in [4.78, 5) is 43.9. The smallest absolute Gasteiger partial charge is 0.329 e. The van der Waals surface area contributed by atoms with Crippen molar-refractivity contribution in [2.45, 2.75) is 38.0 Å². The number of esters is 1. The maximum Gasteiger partial charge on any atom is 0.329 e. The Morgan fingerprint density at radius 2 is 1.75 bits per heavy atom. The minimum absolute atomic E-state index is 0.00336. The molecule has 1 fully saturated rings. The third kappa shape index (κ3) is 5.80. The van der Waals surface area contributed by atoms with Crippen LogP contribution in [0.3, 0.4) is 0 Å². The number of H-pyrrole nitrogens is 1. The number of imidazole rings is 1. The predicted molar refractivity (Wildman–Crippen MR) is 135 cm³/mol. The van der Waals surface area contributed by atoms with Gasteiger partial charge >= 0.3 is 5.97 Å². The first-order chi connectivity index (χ1) is 17.6. The first kappa shape index (κ1) is 23.7. The average Bonchev–Trinajstić information content (AvgIpc) is 3.63. The van der Waals surface area contributed by atoms with Gasteiger partial charge in [0.05, 0.1) is 12.9 Å². The van der Waals surface area contributed by atoms with Crippen LogP contribution in [0.25, 0.3) is 11.2 Å². The molecule has 1 aliphatic rings. The van der Waals surface area contributed by atoms with Gasteiger partial charge < -0.3 is 19.9 Å². The largest absolute Gasteiger partial charge is 0.459 e. The van der Waals surface area contributed by atoms with Crippen LogP contribution in [-0.2, 0) is 27.4 Å². The van der Waals surface area contributed by atoms with Crippen molar-refractivity contribution >= 4 is 40.5 Å². The summed E-state index contributed by atoms with van der Waals surface area (Å²) in [6.07, 6.45) is 3.69. The topological polar surface area (TPSA) is 113 Å². The molecule has 0 radical (unpaired) electrons. The molecule has 1 saturated carbocycles. The van der Waals surface area contributed by atoms with Crippen LogP contribution in [0.15, 0.2) is 67.0 Å². The molecule has 2 aromatic carbocycles. The maximum absolute atomic E-state index is 13.2. The fourth-order valence-corrected chi connectivity index (χ4v) is 4.19. The molecule has 1 amide bonds. The van der Waals surface area contributed by atoms with Crippen LogP contribution in [0.2, 0.25) is 5.28 Å². The summed E-state index contributed by atoms with van der Waals surface area (Å²) in [5.74, 6) is -0.289. The number of ether oxygens (including phenoxy) is 1. The molecule has 0 bridgehead atoms. The van der Waals surface area contributed by atoms with E-state index in [9.17, 15) is 9.59 Å². The molecular weight excluding hydrogens is 480 g/mol. The van der Waals surface area contributed by atoms with E-state index in [-0.39, 0.29) is 30.4 Å². The molecule has 4 aromatic rings. The summed E-state index contributed by atoms with van der Waals surface area (Å²) in [6, 6.07) is 18.3. The number of carbonyl (C=O) groups is 2. The van der Waals surface area contributed by atoms with E-state index in [2.05, 4.69) is 25.3 Å². The van der Waals surface area contributed by atoms with Crippen LogP contribution in [0.5, 0.6) is 0 Å². The van der Waals surface area contributed by atoms with Gasteiger partial charge in [0.1, 0.15) is 18.2 Å². The third-order valence-corrected chi connectivity index (χ3v) is 6.11. The van der Waals surface area contributed by atoms with E-state index in [1.807, 2.05) is 65.6 Å². The number of carbonyl (C=O) groups excluding carboxylic acids is 2. The van der Waals surface area contributed by atoms with Crippen molar-refractivity contribution in [1.29, 1.82) is 0 Å². The Bertz CT molecular complexity index is 1340. The van der Waals surface area contributed by atoms with E-state index < -0.39 is 12.0 Å². The molecule has 184 valence electrons. The fourth-order valence-electron chi connectivity index (χ4n) is 4.03. The summed E-state index contributed by atoms with van der Waals surface area (Å²) >= 11 is 6.12. The normalized spacial score (nSPS) is 13.8. The van der Waals surface area contributed by atoms with Gasteiger partial charge in [-0.3, -0.25) is 4.79 Å². The number of aromatic nitrogens is 4. The first-order valence-electron chi connectivity index (χ1n) is 11.7. The zero-order valence-corrected chi connectivity index (χ0v) is 20.2. The Balaban J connectivity index is 1.32. The molecule has 1 atom stereocenters. The van der Waals surface area contributed by atoms with Crippen molar-refractivity contribution in [3.63, 3.8) is 0 Å². The third-order valence-electron chi connectivity index (χ3n) is 5.94. The number of halogens is 1. The van der Waals surface area contributed by atoms with E-state index in [4.69, 9.17) is 16.3 Å². The Morgan fingerprint density at radius 3 is 2.44 bits per heavy atom. The molecule has 0 unspecified atom stereocenters. The van der Waals surface area contributed by atoms with Gasteiger partial charge in [0, 0.05) is 12.5 Å². The van der Waals surface area contributed by atoms with Crippen molar-refractivity contribution in [3.05, 3.63) is 83.4 Å². The van der Waals surface area contributed by atoms with Gasteiger partial charge in [0.25, 0.3) is 0 Å². The molecule has 0 spiro atoms. The number of hydrogen-bond acceptors (Lipinski definition) is 7. The number of benzene rings is 2. The predicted octanol–water partition coefficient (Wildman–Crippen LogP) is 3.45. The summed E-state index contributed by atoms with van der Waals surface area (Å²) in [7, 11) is 0. The number of nitrogens with zero attached hydrogens (tertiary/aromatic N) is 4. The second-order valence-electron chi connectivity index (χ2n) is 8.68. The van der Waals surface area contributed by atoms with Crippen molar-refractivity contribution < 1.29 is 14.3 Å². The van der Waals surface area contributed by atoms with E-state index in [1.165, 1.54) is 6.33 Å². The Morgan fingerprint density at radius 1 is 1.06 bits per heavy atom. The molecule has 9 nitrogen and oxygen atoms in total. The molecule has 2 N–H and O–H groups in total. The molecular formula is C26H25ClN6O3. The lowest BCUT2D eigenvalue weighted by Gasteiger charge is -2.25. The number of rotatable bonds is 10. The molecule has 0 saturated heterocycles. The SMILES string of the molecule is O=C(CN(c1nc(Cl)nc2nc[nH]c12)C1CC1)N[C@@H](Cc1ccccc1)C(=O)OCc1ccccc1. The highest BCUT2D eigenvalue weighted by Gasteiger charge is 2.34. The molecule has 5 rings (SSSR count). The van der Waals surface area contributed by atoms with E-state index >= 15 is 0 Å². The fraction of sp³-hybridized carbons (Fsp3) is 0.269. The van der Waals surface area contributed by atoms with Crippen molar-refractivity contribution in [3.8, 4) is 0 Å². The molecule has 2 heterocycles. The second kappa shape index (κ2) is 10.7. The minimum Gasteiger partial charge on any atom is -0.459 e. The van der Waals surface area contributed by atoms with E-state index in [0.29, 0.717) is 23.4 Å². The quantitative estimate of drug-likeness (QED) is 0.251. The van der Waals surface area contributed by atoms with Gasteiger partial charge in [0.15, 0.2) is 11.5 Å². The summed E-state index contributed by atoms with van der Waals surface area (Å²) in [5, 5.41) is 2.94. The van der Waals surface area contributed by atoms with Gasteiger partial charge in [-0.2, -0.15) is 9.97 Å². The van der Waals surface area contributed by atoms with Crippen molar-refractivity contribution in [2.75, 3.05) is 11.4 Å². The lowest BCUT2D eigenvalue weighted by Crippen LogP contribution is -2.48. The van der Waals surface area contributed by atoms with Crippen LogP contribution in [-0.4, -0.2) is 50.4 Å². The van der Waals surface area contributed by atoms with Gasteiger partial charge in [-0.15, -0.1) is 0 Å². The standard InChI is InChI=1S/C26H25ClN6O3/c27-26-31-23-22(28-16-29-23)24(32-26)33(19-11-12-19)14-21(34)30-20(13-17-7-3-1-4-8-17)25(35)36-15-18-9-5-2-6-10-18/h1-10,16,19-20H,11-15H2,(H,30,34)(H,28,29,31,32)/t20-/m0/s1. The summed E-state index contributed by atoms with van der Waals surface area (Å²) in [6.45, 7) is 0.135. The van der Waals surface area contributed by atoms with Gasteiger partial charge in [-0.05, 0) is 35.6 Å². The summed E-state index contributed by atoms with van der Waals surface area (Å²) in [5.41, 5.74) is 2.84. The van der Waals surface area contributed by atoms with Crippen molar-refractivity contribution in [2.24, 2.45) is 0 Å². The molecule has 1 aliphatic carbocycles. The molecule has 10 heteroatoms. The Kier molecular flexibility index (Phi) is 7.08. The number of hydrogen-bond donors (Lipinski definition) is 2. The Labute approximate surface area is 212 Å². The van der Waals surface area contributed by atoms with Crippen LogP contribution >= 0.6 is 11.6 Å². The number of anilines is 1. The van der Waals surface area contributed by atoms with E-state index in [1.54, 1.807) is 0 Å². The monoisotopic (exact) mass is 504 g/mol. The Hall–Kier alpha value is -3.98. The number of amides is 1. The molecule has 2 aromatic heterocycles. The number of fused-ring (bicyclic) bond motifs is 1. The van der Waals surface area contributed by atoms with Crippen LogP contribution < -0.4 is 10.2 Å². The van der Waals surface area contributed by atoms with Crippen molar-refractivity contribution in [1.82, 2.24) is 25.3 Å². The molecule has 0 aliphatic heterocycles. The summed E-state index contributed by atoms with van der Waals surface area (Å²) < 4.78 is 5.56. The highest BCUT2D eigenvalue weighted by molar-refractivity contribution is 6.28. The highest BCUT2D eigenvalue weighted by Crippen LogP contribution is 2.33. The number of aromatic amines is 1. The van der Waals surface area contributed by atoms with E-state index in [0.717, 1.165) is 24.0 Å². The highest BCUT2D eigenvalue weighted by atomic mass is 35.5. The van der Waals surface area contributed by atoms with Crippen LogP contribution in [0.1, 0.15) is 24.0 Å². The minimum atomic E-state index is -0.842. The van der Waals surface area contributed by atoms with Gasteiger partial charge in [0.2, 0.25) is 11.2 Å².